The molecule has 0 aliphatic heterocycles. The number of carbonyl (C=O) groups excluding carboxylic acids is 1. The molecule has 1 aliphatic rings. The van der Waals surface area contributed by atoms with E-state index in [0.29, 0.717) is 18.0 Å². The predicted octanol–water partition coefficient (Wildman–Crippen LogP) is 1.47. The second-order valence-electron chi connectivity index (χ2n) is 4.84. The van der Waals surface area contributed by atoms with Gasteiger partial charge >= 0.3 is 0 Å². The number of benzene rings is 1. The number of carbonyl (C=O) groups is 1. The number of hydrogen-bond donors (Lipinski definition) is 2. The van der Waals surface area contributed by atoms with Gasteiger partial charge in [0, 0.05) is 18.2 Å². The highest BCUT2D eigenvalue weighted by molar-refractivity contribution is 5.95. The molecule has 1 amide bonds. The first kappa shape index (κ1) is 12.9. The van der Waals surface area contributed by atoms with Crippen molar-refractivity contribution in [1.82, 2.24) is 5.32 Å². The number of hydrogen-bond acceptors (Lipinski definition) is 3. The second kappa shape index (κ2) is 5.40. The van der Waals surface area contributed by atoms with Crippen molar-refractivity contribution in [2.24, 2.45) is 11.7 Å². The van der Waals surface area contributed by atoms with Gasteiger partial charge in [0.15, 0.2) is 0 Å². The molecule has 1 unspecified atom stereocenters. The lowest BCUT2D eigenvalue weighted by atomic mass is 10.1. The highest BCUT2D eigenvalue weighted by atomic mass is 16.5. The zero-order chi connectivity index (χ0) is 13.1. The molecule has 0 heterocycles. The van der Waals surface area contributed by atoms with Gasteiger partial charge in [0.1, 0.15) is 5.75 Å². The van der Waals surface area contributed by atoms with Crippen LogP contribution in [0.15, 0.2) is 18.2 Å². The molecule has 0 aromatic heterocycles. The lowest BCUT2D eigenvalue weighted by molar-refractivity contribution is 0.0933. The third-order valence-electron chi connectivity index (χ3n) is 3.43. The molecule has 1 atom stereocenters. The van der Waals surface area contributed by atoms with Gasteiger partial charge in [0.05, 0.1) is 7.11 Å². The molecular formula is C14H20N2O2. The van der Waals surface area contributed by atoms with Gasteiger partial charge in [-0.3, -0.25) is 4.79 Å². The van der Waals surface area contributed by atoms with Crippen molar-refractivity contribution in [2.45, 2.75) is 25.8 Å². The molecule has 4 heteroatoms. The molecule has 98 valence electrons. The summed E-state index contributed by atoms with van der Waals surface area (Å²) in [4.78, 5) is 12.1. The van der Waals surface area contributed by atoms with E-state index in [9.17, 15) is 4.79 Å². The van der Waals surface area contributed by atoms with Gasteiger partial charge in [-0.1, -0.05) is 6.07 Å². The zero-order valence-electron chi connectivity index (χ0n) is 10.9. The number of rotatable bonds is 5. The Hall–Kier alpha value is -1.55. The van der Waals surface area contributed by atoms with Gasteiger partial charge in [-0.2, -0.15) is 0 Å². The van der Waals surface area contributed by atoms with Crippen LogP contribution in [0.5, 0.6) is 5.75 Å². The molecule has 2 rings (SSSR count). The molecule has 18 heavy (non-hydrogen) atoms. The van der Waals surface area contributed by atoms with Crippen molar-refractivity contribution in [2.75, 3.05) is 13.7 Å². The summed E-state index contributed by atoms with van der Waals surface area (Å²) < 4.78 is 5.22. The summed E-state index contributed by atoms with van der Waals surface area (Å²) in [7, 11) is 1.61. The first-order valence-electron chi connectivity index (χ1n) is 6.31. The fraction of sp³-hybridized carbons (Fsp3) is 0.500. The maximum Gasteiger partial charge on any atom is 0.251 e. The van der Waals surface area contributed by atoms with E-state index in [0.717, 1.165) is 11.3 Å². The smallest absolute Gasteiger partial charge is 0.251 e. The molecule has 1 aromatic rings. The SMILES string of the molecule is COc1cc(C(=O)NC(CN)C2CC2)ccc1C. The molecule has 1 aliphatic carbocycles. The number of ether oxygens (including phenoxy) is 1. The van der Waals surface area contributed by atoms with Crippen LogP contribution in [0.2, 0.25) is 0 Å². The van der Waals surface area contributed by atoms with Crippen LogP contribution < -0.4 is 15.8 Å². The van der Waals surface area contributed by atoms with Crippen molar-refractivity contribution < 1.29 is 9.53 Å². The van der Waals surface area contributed by atoms with Crippen LogP contribution in [-0.4, -0.2) is 25.6 Å². The van der Waals surface area contributed by atoms with E-state index < -0.39 is 0 Å². The van der Waals surface area contributed by atoms with E-state index in [1.165, 1.54) is 12.8 Å². The lowest BCUT2D eigenvalue weighted by Crippen LogP contribution is -2.41. The van der Waals surface area contributed by atoms with E-state index in [1.807, 2.05) is 19.1 Å². The molecule has 0 spiro atoms. The van der Waals surface area contributed by atoms with Crippen LogP contribution in [0, 0.1) is 12.8 Å². The summed E-state index contributed by atoms with van der Waals surface area (Å²) in [5.74, 6) is 1.22. The number of methoxy groups -OCH3 is 1. The Bertz CT molecular complexity index is 441. The van der Waals surface area contributed by atoms with Crippen molar-refractivity contribution >= 4 is 5.91 Å². The number of nitrogens with one attached hydrogen (secondary N) is 1. The van der Waals surface area contributed by atoms with Gasteiger partial charge in [0.25, 0.3) is 5.91 Å². The Kier molecular flexibility index (Phi) is 3.87. The second-order valence-corrected chi connectivity index (χ2v) is 4.84. The Morgan fingerprint density at radius 2 is 2.28 bits per heavy atom. The van der Waals surface area contributed by atoms with Crippen molar-refractivity contribution in [3.63, 3.8) is 0 Å². The summed E-state index contributed by atoms with van der Waals surface area (Å²) in [5, 5.41) is 3.00. The van der Waals surface area contributed by atoms with Crippen LogP contribution in [0.1, 0.15) is 28.8 Å². The first-order valence-corrected chi connectivity index (χ1v) is 6.31. The minimum absolute atomic E-state index is 0.0735. The molecule has 1 saturated carbocycles. The predicted molar refractivity (Wildman–Crippen MR) is 70.8 cm³/mol. The summed E-state index contributed by atoms with van der Waals surface area (Å²) in [6, 6.07) is 5.58. The molecule has 0 bridgehead atoms. The van der Waals surface area contributed by atoms with E-state index in [-0.39, 0.29) is 11.9 Å². The normalized spacial score (nSPS) is 16.2. The van der Waals surface area contributed by atoms with Gasteiger partial charge in [-0.15, -0.1) is 0 Å². The topological polar surface area (TPSA) is 64.3 Å². The molecule has 3 N–H and O–H groups in total. The van der Waals surface area contributed by atoms with Crippen LogP contribution in [0.3, 0.4) is 0 Å². The summed E-state index contributed by atoms with van der Waals surface area (Å²) in [6.45, 7) is 2.45. The number of nitrogens with two attached hydrogens (primary N) is 1. The van der Waals surface area contributed by atoms with Gasteiger partial charge < -0.3 is 15.8 Å². The van der Waals surface area contributed by atoms with Gasteiger partial charge in [-0.05, 0) is 43.4 Å². The minimum atomic E-state index is -0.0735. The molecule has 1 aromatic carbocycles. The fourth-order valence-corrected chi connectivity index (χ4v) is 2.08. The van der Waals surface area contributed by atoms with E-state index in [4.69, 9.17) is 10.5 Å². The molecular weight excluding hydrogens is 228 g/mol. The summed E-state index contributed by atoms with van der Waals surface area (Å²) >= 11 is 0. The standard InChI is InChI=1S/C14H20N2O2/c1-9-3-4-11(7-13(9)18-2)14(17)16-12(8-15)10-5-6-10/h3-4,7,10,12H,5-6,8,15H2,1-2H3,(H,16,17). The van der Waals surface area contributed by atoms with E-state index >= 15 is 0 Å². The summed E-state index contributed by atoms with van der Waals surface area (Å²) in [6.07, 6.45) is 2.33. The average Bonchev–Trinajstić information content (AvgIpc) is 3.20. The van der Waals surface area contributed by atoms with Crippen molar-refractivity contribution in [3.8, 4) is 5.75 Å². The molecule has 0 saturated heterocycles. The Balaban J connectivity index is 2.08. The Labute approximate surface area is 108 Å². The average molecular weight is 248 g/mol. The monoisotopic (exact) mass is 248 g/mol. The van der Waals surface area contributed by atoms with Crippen LogP contribution in [-0.2, 0) is 0 Å². The third kappa shape index (κ3) is 2.82. The van der Waals surface area contributed by atoms with E-state index in [2.05, 4.69) is 5.32 Å². The first-order chi connectivity index (χ1) is 8.65. The third-order valence-corrected chi connectivity index (χ3v) is 3.43. The van der Waals surface area contributed by atoms with Crippen LogP contribution in [0.25, 0.3) is 0 Å². The van der Waals surface area contributed by atoms with Crippen LogP contribution >= 0.6 is 0 Å². The highest BCUT2D eigenvalue weighted by Gasteiger charge is 2.31. The maximum atomic E-state index is 12.1. The summed E-state index contributed by atoms with van der Waals surface area (Å²) in [5.41, 5.74) is 7.32. The molecule has 0 radical (unpaired) electrons. The quantitative estimate of drug-likeness (QED) is 0.829. The number of aryl methyl sites for hydroxylation is 1. The van der Waals surface area contributed by atoms with Crippen molar-refractivity contribution in [1.29, 1.82) is 0 Å². The highest BCUT2D eigenvalue weighted by Crippen LogP contribution is 2.32. The molecule has 4 nitrogen and oxygen atoms in total. The maximum absolute atomic E-state index is 12.1. The Morgan fingerprint density at radius 3 is 2.83 bits per heavy atom. The van der Waals surface area contributed by atoms with Crippen molar-refractivity contribution in [3.05, 3.63) is 29.3 Å². The lowest BCUT2D eigenvalue weighted by Gasteiger charge is -2.16. The molecule has 1 fully saturated rings. The van der Waals surface area contributed by atoms with E-state index in [1.54, 1.807) is 13.2 Å². The largest absolute Gasteiger partial charge is 0.496 e. The fourth-order valence-electron chi connectivity index (χ4n) is 2.08. The van der Waals surface area contributed by atoms with Gasteiger partial charge in [-0.25, -0.2) is 0 Å². The number of amides is 1. The van der Waals surface area contributed by atoms with Gasteiger partial charge in [0.2, 0.25) is 0 Å². The minimum Gasteiger partial charge on any atom is -0.496 e. The Morgan fingerprint density at radius 1 is 1.56 bits per heavy atom. The zero-order valence-corrected chi connectivity index (χ0v) is 10.9. The van der Waals surface area contributed by atoms with Crippen LogP contribution in [0.4, 0.5) is 0 Å².